The minimum absolute atomic E-state index is 0.00566. The maximum Gasteiger partial charge on any atom is 0.326 e. The summed E-state index contributed by atoms with van der Waals surface area (Å²) in [6, 6.07) is 6.19. The van der Waals surface area contributed by atoms with Crippen LogP contribution in [0.4, 0.5) is 0 Å². The van der Waals surface area contributed by atoms with Crippen molar-refractivity contribution in [2.24, 2.45) is 51.2 Å². The van der Waals surface area contributed by atoms with Gasteiger partial charge in [0, 0.05) is 25.8 Å². The fourth-order valence-corrected chi connectivity index (χ4v) is 10.00. The van der Waals surface area contributed by atoms with Gasteiger partial charge in [-0.3, -0.25) is 48.1 Å². The van der Waals surface area contributed by atoms with Gasteiger partial charge in [-0.15, -0.1) is 0 Å². The molecule has 0 heterocycles. The molecule has 10 atom stereocenters. The molecule has 0 aliphatic carbocycles. The first-order chi connectivity index (χ1) is 45.2. The second-order valence-corrected chi connectivity index (χ2v) is 24.2. The summed E-state index contributed by atoms with van der Waals surface area (Å²) in [7, 11) is 0. The lowest BCUT2D eigenvalue weighted by molar-refractivity contribution is -0.142. The fourth-order valence-electron chi connectivity index (χ4n) is 10.00. The largest absolute Gasteiger partial charge is 0.508 e. The van der Waals surface area contributed by atoms with Crippen LogP contribution in [0.3, 0.4) is 0 Å². The average molecular weight is 1330 g/mol. The number of hydrogen-bond donors (Lipinski definition) is 19. The second kappa shape index (κ2) is 43.1. The van der Waals surface area contributed by atoms with E-state index in [1.165, 1.54) is 48.5 Å². The van der Waals surface area contributed by atoms with Crippen LogP contribution in [-0.2, 0) is 67.2 Å². The number of amides is 9. The van der Waals surface area contributed by atoms with Crippen LogP contribution in [0.25, 0.3) is 0 Å². The summed E-state index contributed by atoms with van der Waals surface area (Å²) in [5.41, 5.74) is 35.9. The number of nitrogens with zero attached hydrogens (tertiary/aromatic N) is 1. The molecule has 9 amide bonds. The molecule has 0 radical (unpaired) electrons. The third-order valence-electron chi connectivity index (χ3n) is 15.4. The topological polar surface area (TPSA) is 528 Å². The monoisotopic (exact) mass is 1330 g/mol. The number of rotatable bonds is 45. The minimum atomic E-state index is -1.77. The molecule has 0 saturated heterocycles. The number of phenols is 2. The second-order valence-electron chi connectivity index (χ2n) is 24.2. The number of nitrogens with two attached hydrogens (primary N) is 6. The number of aliphatic hydroxyl groups excluding tert-OH is 1. The van der Waals surface area contributed by atoms with Crippen molar-refractivity contribution >= 4 is 65.1 Å². The highest BCUT2D eigenvalue weighted by Crippen LogP contribution is 2.17. The predicted molar refractivity (Wildman–Crippen MR) is 357 cm³/mol. The van der Waals surface area contributed by atoms with E-state index in [-0.39, 0.29) is 87.8 Å². The quantitative estimate of drug-likeness (QED) is 0.0166. The number of carboxylic acids is 1. The van der Waals surface area contributed by atoms with Crippen LogP contribution < -0.4 is 82.3 Å². The molecule has 30 nitrogen and oxygen atoms in total. The van der Waals surface area contributed by atoms with Crippen molar-refractivity contribution in [2.75, 3.05) is 32.8 Å². The standard InChI is InChI=1S/C65H102N16O14/c1-38(2)33-49(59(89)77-50(34-40-15-6-5-7-16-40)60(90)79-52(64(94)95)36-42-23-27-44(84)28-24-42)76-62(92)53(37-82)80-61(91)51(35-41-21-25-43(83)26-22-41)78-63(93)54(39(3)4)81-58(88)47(19-10-13-31-68)74-57(87)48(20-14-32-72-65(70)71)75-56(86)46(18-9-12-30-67)73-55(85)45(69)17-8-11-29-66/h5-7,15-16,21-28,38-39,45-54,82-84H,8-14,17-20,29-37,66-69H2,1-4H3,(H,73,85)(H,74,87)(H,75,86)(H,76,92)(H,77,89)(H,78,93)(H,79,90)(H,80,91)(H,81,88)(H,94,95)(H4,70,71,72)/t45-,46-,47-,48-,49-,50-,51-,52-,53-,54-/m0/s1. The van der Waals surface area contributed by atoms with Gasteiger partial charge in [0.05, 0.1) is 12.6 Å². The number of guanidine groups is 1. The molecule has 3 rings (SSSR count). The van der Waals surface area contributed by atoms with E-state index >= 15 is 0 Å². The Morgan fingerprint density at radius 1 is 0.421 bits per heavy atom. The first-order valence-electron chi connectivity index (χ1n) is 32.3. The Balaban J connectivity index is 1.93. The number of aliphatic carboxylic acids is 1. The molecule has 0 saturated carbocycles. The molecule has 25 N–H and O–H groups in total. The van der Waals surface area contributed by atoms with Gasteiger partial charge >= 0.3 is 5.97 Å². The van der Waals surface area contributed by atoms with Gasteiger partial charge in [0.15, 0.2) is 5.96 Å². The summed E-state index contributed by atoms with van der Waals surface area (Å²) in [5, 5.41) is 64.4. The van der Waals surface area contributed by atoms with E-state index in [9.17, 15) is 68.4 Å². The first kappa shape index (κ1) is 80.3. The molecule has 30 heteroatoms. The van der Waals surface area contributed by atoms with E-state index in [4.69, 9.17) is 34.4 Å². The molecule has 3 aromatic carbocycles. The smallest absolute Gasteiger partial charge is 0.326 e. The van der Waals surface area contributed by atoms with Crippen LogP contribution in [-0.4, -0.2) is 179 Å². The molecule has 526 valence electrons. The SMILES string of the molecule is CC(C)C[C@H](NC(=O)[C@H](CO)NC(=O)[C@H](Cc1ccc(O)cc1)NC(=O)[C@@H](NC(=O)[C@H](CCCCN)NC(=O)[C@H](CCCN=C(N)N)NC(=O)[C@H](CCCCN)NC(=O)[C@@H](N)CCCCN)C(C)C)C(=O)N[C@@H](Cc1ccccc1)C(=O)N[C@@H](Cc1ccc(O)cc1)C(=O)O. The van der Waals surface area contributed by atoms with Crippen molar-refractivity contribution in [1.82, 2.24) is 47.9 Å². The van der Waals surface area contributed by atoms with Gasteiger partial charge < -0.3 is 103 Å². The van der Waals surface area contributed by atoms with Crippen molar-refractivity contribution in [3.8, 4) is 11.5 Å². The summed E-state index contributed by atoms with van der Waals surface area (Å²) in [6.45, 7) is 6.71. The zero-order chi connectivity index (χ0) is 70.6. The molecule has 0 aromatic heterocycles. The van der Waals surface area contributed by atoms with E-state index < -0.39 is 132 Å². The Morgan fingerprint density at radius 3 is 1.22 bits per heavy atom. The van der Waals surface area contributed by atoms with Crippen molar-refractivity contribution in [3.05, 3.63) is 95.6 Å². The maximum absolute atomic E-state index is 14.6. The molecule has 0 unspecified atom stereocenters. The van der Waals surface area contributed by atoms with Crippen LogP contribution in [0.15, 0.2) is 83.9 Å². The Bertz CT molecular complexity index is 2940. The molecule has 0 aliphatic heterocycles. The van der Waals surface area contributed by atoms with Crippen LogP contribution in [0.5, 0.6) is 11.5 Å². The highest BCUT2D eigenvalue weighted by Gasteiger charge is 2.37. The lowest BCUT2D eigenvalue weighted by Gasteiger charge is -2.29. The summed E-state index contributed by atoms with van der Waals surface area (Å²) >= 11 is 0. The van der Waals surface area contributed by atoms with Crippen LogP contribution in [0.1, 0.15) is 121 Å². The fraction of sp³-hybridized carbons (Fsp3) is 0.554. The number of phenolic OH excluding ortho intramolecular Hbond substituents is 2. The zero-order valence-corrected chi connectivity index (χ0v) is 54.9. The summed E-state index contributed by atoms with van der Waals surface area (Å²) in [6.07, 6.45) is 2.93. The zero-order valence-electron chi connectivity index (χ0n) is 54.9. The Morgan fingerprint density at radius 2 is 0.779 bits per heavy atom. The number of aliphatic imine (C=N–C) groups is 1. The van der Waals surface area contributed by atoms with Crippen molar-refractivity contribution in [1.29, 1.82) is 0 Å². The molecule has 0 bridgehead atoms. The van der Waals surface area contributed by atoms with E-state index in [0.29, 0.717) is 74.7 Å². The molecule has 0 aliphatic rings. The molecule has 95 heavy (non-hydrogen) atoms. The lowest BCUT2D eigenvalue weighted by Crippen LogP contribution is -2.62. The van der Waals surface area contributed by atoms with E-state index in [0.717, 1.165) is 0 Å². The molecule has 0 spiro atoms. The highest BCUT2D eigenvalue weighted by molar-refractivity contribution is 5.99. The van der Waals surface area contributed by atoms with Crippen molar-refractivity contribution in [2.45, 2.75) is 184 Å². The van der Waals surface area contributed by atoms with E-state index in [1.807, 2.05) is 0 Å². The van der Waals surface area contributed by atoms with Crippen molar-refractivity contribution in [3.63, 3.8) is 0 Å². The Hall–Kier alpha value is -8.97. The van der Waals surface area contributed by atoms with Crippen LogP contribution in [0, 0.1) is 11.8 Å². The van der Waals surface area contributed by atoms with Gasteiger partial charge in [-0.25, -0.2) is 4.79 Å². The normalized spacial score (nSPS) is 14.3. The number of nitrogens with one attached hydrogen (secondary N) is 9. The number of unbranched alkanes of at least 4 members (excludes halogenated alkanes) is 3. The van der Waals surface area contributed by atoms with Gasteiger partial charge in [-0.05, 0) is 143 Å². The Kier molecular flexibility index (Phi) is 36.4. The highest BCUT2D eigenvalue weighted by atomic mass is 16.4. The summed E-state index contributed by atoms with van der Waals surface area (Å²) in [4.78, 5) is 144. The maximum atomic E-state index is 14.6. The van der Waals surface area contributed by atoms with Gasteiger partial charge in [-0.2, -0.15) is 0 Å². The van der Waals surface area contributed by atoms with Crippen LogP contribution >= 0.6 is 0 Å². The number of carbonyl (C=O) groups excluding carboxylic acids is 9. The molecular weight excluding hydrogens is 1230 g/mol. The minimum Gasteiger partial charge on any atom is -0.508 e. The predicted octanol–water partition coefficient (Wildman–Crippen LogP) is -1.96. The summed E-state index contributed by atoms with van der Waals surface area (Å²) in [5.74, 6) is -10.3. The number of aromatic hydroxyl groups is 2. The third-order valence-corrected chi connectivity index (χ3v) is 15.4. The van der Waals surface area contributed by atoms with E-state index in [2.05, 4.69) is 52.8 Å². The first-order valence-corrected chi connectivity index (χ1v) is 32.3. The number of carboxylic acid groups (broad SMARTS) is 1. The average Bonchev–Trinajstić information content (AvgIpc) is 0.955. The molecule has 3 aromatic rings. The number of aliphatic hydroxyl groups is 1. The molecular formula is C65H102N16O14. The number of benzene rings is 3. The third kappa shape index (κ3) is 30.3. The van der Waals surface area contributed by atoms with Crippen LogP contribution in [0.2, 0.25) is 0 Å². The van der Waals surface area contributed by atoms with Crippen molar-refractivity contribution < 1.29 is 68.4 Å². The van der Waals surface area contributed by atoms with Gasteiger partial charge in [0.25, 0.3) is 0 Å². The summed E-state index contributed by atoms with van der Waals surface area (Å²) < 4.78 is 0. The van der Waals surface area contributed by atoms with Gasteiger partial charge in [-0.1, -0.05) is 88.7 Å². The Labute approximate surface area is 554 Å². The molecule has 0 fully saturated rings. The lowest BCUT2D eigenvalue weighted by atomic mass is 9.99. The van der Waals surface area contributed by atoms with Gasteiger partial charge in [0.1, 0.15) is 65.9 Å². The van der Waals surface area contributed by atoms with Gasteiger partial charge in [0.2, 0.25) is 53.2 Å². The number of carbonyl (C=O) groups is 10. The van der Waals surface area contributed by atoms with E-state index in [1.54, 1.807) is 58.0 Å². The number of hydrogen-bond acceptors (Lipinski definition) is 18.